The van der Waals surface area contributed by atoms with E-state index in [1.165, 1.54) is 0 Å². The van der Waals surface area contributed by atoms with E-state index in [9.17, 15) is 4.79 Å². The van der Waals surface area contributed by atoms with Crippen molar-refractivity contribution >= 4 is 5.78 Å². The molecule has 2 bridgehead atoms. The molecule has 1 unspecified atom stereocenters. The van der Waals surface area contributed by atoms with Gasteiger partial charge in [-0.25, -0.2) is 0 Å². The van der Waals surface area contributed by atoms with Crippen molar-refractivity contribution in [2.24, 2.45) is 5.92 Å². The number of hydrogen-bond donors (Lipinski definition) is 0. The monoisotopic (exact) mass is 246 g/mol. The number of piperidine rings is 3. The van der Waals surface area contributed by atoms with E-state index >= 15 is 0 Å². The fourth-order valence-corrected chi connectivity index (χ4v) is 3.09. The summed E-state index contributed by atoms with van der Waals surface area (Å²) in [4.78, 5) is 18.7. The minimum Gasteiger partial charge on any atom is -0.495 e. The molecule has 3 saturated heterocycles. The Morgan fingerprint density at radius 2 is 2.17 bits per heavy atom. The van der Waals surface area contributed by atoms with E-state index in [0.717, 1.165) is 43.7 Å². The summed E-state index contributed by atoms with van der Waals surface area (Å²) in [5.74, 6) is 1.49. The number of ether oxygens (including phenoxy) is 1. The summed E-state index contributed by atoms with van der Waals surface area (Å²) >= 11 is 0. The fourth-order valence-electron chi connectivity index (χ4n) is 3.09. The highest BCUT2D eigenvalue weighted by Crippen LogP contribution is 2.30. The number of fused-ring (bicyclic) bond motifs is 3. The highest BCUT2D eigenvalue weighted by molar-refractivity contribution is 5.88. The van der Waals surface area contributed by atoms with Crippen LogP contribution in [-0.2, 0) is 11.2 Å². The minimum absolute atomic E-state index is 0.0615. The van der Waals surface area contributed by atoms with Crippen molar-refractivity contribution in [2.75, 3.05) is 20.2 Å². The maximum absolute atomic E-state index is 12.3. The number of rotatable bonds is 3. The smallest absolute Gasteiger partial charge is 0.153 e. The third-order valence-corrected chi connectivity index (χ3v) is 4.14. The molecule has 96 valence electrons. The van der Waals surface area contributed by atoms with Gasteiger partial charge in [0.2, 0.25) is 0 Å². The van der Waals surface area contributed by atoms with Crippen LogP contribution in [0.4, 0.5) is 0 Å². The Hall–Kier alpha value is -1.42. The predicted molar refractivity (Wildman–Crippen MR) is 67.6 cm³/mol. The summed E-state index contributed by atoms with van der Waals surface area (Å²) in [6.45, 7) is 2.14. The minimum atomic E-state index is 0.0615. The van der Waals surface area contributed by atoms with Gasteiger partial charge in [0, 0.05) is 12.1 Å². The van der Waals surface area contributed by atoms with Crippen LogP contribution in [0.5, 0.6) is 5.75 Å². The van der Waals surface area contributed by atoms with Crippen LogP contribution >= 0.6 is 0 Å². The summed E-state index contributed by atoms with van der Waals surface area (Å²) in [5.41, 5.74) is 1.08. The standard InChI is InChI=1S/C14H18N2O2/c1-18-12-6-10(8-15-9-12)7-13-14(17)11-2-4-16(13)5-3-11/h6,8-9,11,13H,2-5,7H2,1H3. The molecule has 0 spiro atoms. The molecule has 0 radical (unpaired) electrons. The van der Waals surface area contributed by atoms with Crippen molar-refractivity contribution in [2.45, 2.75) is 25.3 Å². The number of methoxy groups -OCH3 is 1. The number of carbonyl (C=O) groups is 1. The number of carbonyl (C=O) groups excluding carboxylic acids is 1. The Labute approximate surface area is 107 Å². The molecule has 0 N–H and O–H groups in total. The molecule has 18 heavy (non-hydrogen) atoms. The first kappa shape index (κ1) is 11.7. The Kier molecular flexibility index (Phi) is 3.04. The van der Waals surface area contributed by atoms with Crippen molar-refractivity contribution < 1.29 is 9.53 Å². The molecular formula is C14H18N2O2. The Balaban J connectivity index is 1.77. The van der Waals surface area contributed by atoms with E-state index in [-0.39, 0.29) is 6.04 Å². The molecular weight excluding hydrogens is 228 g/mol. The summed E-state index contributed by atoms with van der Waals surface area (Å²) in [7, 11) is 1.64. The molecule has 4 heterocycles. The van der Waals surface area contributed by atoms with E-state index in [2.05, 4.69) is 9.88 Å². The first-order chi connectivity index (χ1) is 8.78. The summed E-state index contributed by atoms with van der Waals surface area (Å²) in [6, 6.07) is 2.04. The first-order valence-electron chi connectivity index (χ1n) is 6.53. The molecule has 0 amide bonds. The zero-order valence-electron chi connectivity index (χ0n) is 10.6. The third kappa shape index (κ3) is 2.01. The lowest BCUT2D eigenvalue weighted by atomic mass is 9.80. The van der Waals surface area contributed by atoms with Crippen LogP contribution in [0.2, 0.25) is 0 Å². The van der Waals surface area contributed by atoms with E-state index in [1.807, 2.05) is 12.3 Å². The van der Waals surface area contributed by atoms with Crippen molar-refractivity contribution in [3.05, 3.63) is 24.0 Å². The van der Waals surface area contributed by atoms with Gasteiger partial charge < -0.3 is 4.74 Å². The van der Waals surface area contributed by atoms with Crippen LogP contribution in [0.25, 0.3) is 0 Å². The lowest BCUT2D eigenvalue weighted by molar-refractivity contribution is -0.136. The van der Waals surface area contributed by atoms with Crippen LogP contribution in [0, 0.1) is 5.92 Å². The average molecular weight is 246 g/mol. The summed E-state index contributed by atoms with van der Waals surface area (Å²) in [5, 5.41) is 0. The number of pyridine rings is 1. The van der Waals surface area contributed by atoms with Crippen LogP contribution in [-0.4, -0.2) is 41.9 Å². The van der Waals surface area contributed by atoms with Crippen LogP contribution < -0.4 is 4.74 Å². The van der Waals surface area contributed by atoms with E-state index in [1.54, 1.807) is 13.3 Å². The fraction of sp³-hybridized carbons (Fsp3) is 0.571. The van der Waals surface area contributed by atoms with Gasteiger partial charge in [0.1, 0.15) is 5.75 Å². The Bertz CT molecular complexity index is 453. The first-order valence-corrected chi connectivity index (χ1v) is 6.53. The highest BCUT2D eigenvalue weighted by atomic mass is 16.5. The second-order valence-corrected chi connectivity index (χ2v) is 5.17. The highest BCUT2D eigenvalue weighted by Gasteiger charge is 2.40. The molecule has 4 rings (SSSR count). The van der Waals surface area contributed by atoms with Crippen molar-refractivity contribution in [3.8, 4) is 5.75 Å². The van der Waals surface area contributed by atoms with Gasteiger partial charge in [0.05, 0.1) is 19.3 Å². The van der Waals surface area contributed by atoms with Gasteiger partial charge in [0.15, 0.2) is 5.78 Å². The van der Waals surface area contributed by atoms with Crippen molar-refractivity contribution in [1.82, 2.24) is 9.88 Å². The summed E-state index contributed by atoms with van der Waals surface area (Å²) < 4.78 is 5.17. The largest absolute Gasteiger partial charge is 0.495 e. The SMILES string of the molecule is COc1cncc(CC2C(=O)C3CCN2CC3)c1. The van der Waals surface area contributed by atoms with Crippen LogP contribution in [0.3, 0.4) is 0 Å². The average Bonchev–Trinajstić information content (AvgIpc) is 2.43. The number of aromatic nitrogens is 1. The zero-order valence-corrected chi connectivity index (χ0v) is 10.6. The van der Waals surface area contributed by atoms with Gasteiger partial charge in [0.25, 0.3) is 0 Å². The Morgan fingerprint density at radius 3 is 2.83 bits per heavy atom. The molecule has 1 atom stereocenters. The summed E-state index contributed by atoms with van der Waals surface area (Å²) in [6.07, 6.45) is 6.38. The molecule has 3 aliphatic heterocycles. The van der Waals surface area contributed by atoms with Gasteiger partial charge in [-0.15, -0.1) is 0 Å². The molecule has 1 aromatic heterocycles. The number of nitrogens with zero attached hydrogens (tertiary/aromatic N) is 2. The van der Waals surface area contributed by atoms with E-state index in [4.69, 9.17) is 4.74 Å². The molecule has 4 heteroatoms. The quantitative estimate of drug-likeness (QED) is 0.806. The van der Waals surface area contributed by atoms with Crippen molar-refractivity contribution in [1.29, 1.82) is 0 Å². The lowest BCUT2D eigenvalue weighted by Gasteiger charge is -2.44. The molecule has 0 aromatic carbocycles. The van der Waals surface area contributed by atoms with Gasteiger partial charge in [-0.1, -0.05) is 0 Å². The number of hydrogen-bond acceptors (Lipinski definition) is 4. The predicted octanol–water partition coefficient (Wildman–Crippen LogP) is 1.30. The van der Waals surface area contributed by atoms with Gasteiger partial charge in [-0.3, -0.25) is 14.7 Å². The lowest BCUT2D eigenvalue weighted by Crippen LogP contribution is -2.56. The second-order valence-electron chi connectivity index (χ2n) is 5.17. The molecule has 3 aliphatic rings. The third-order valence-electron chi connectivity index (χ3n) is 4.14. The van der Waals surface area contributed by atoms with Gasteiger partial charge in [-0.2, -0.15) is 0 Å². The van der Waals surface area contributed by atoms with Crippen molar-refractivity contribution in [3.63, 3.8) is 0 Å². The molecule has 0 aliphatic carbocycles. The van der Waals surface area contributed by atoms with Gasteiger partial charge >= 0.3 is 0 Å². The van der Waals surface area contributed by atoms with Gasteiger partial charge in [-0.05, 0) is 44.0 Å². The Morgan fingerprint density at radius 1 is 1.39 bits per heavy atom. The van der Waals surface area contributed by atoms with Crippen LogP contribution in [0.1, 0.15) is 18.4 Å². The number of Topliss-reactive ketones (excluding diaryl/α,β-unsaturated/α-hetero) is 1. The zero-order chi connectivity index (χ0) is 12.5. The molecule has 3 fully saturated rings. The normalized spacial score (nSPS) is 30.5. The molecule has 0 saturated carbocycles. The second kappa shape index (κ2) is 4.69. The number of ketones is 1. The molecule has 1 aromatic rings. The topological polar surface area (TPSA) is 42.4 Å². The molecule has 4 nitrogen and oxygen atoms in total. The van der Waals surface area contributed by atoms with E-state index < -0.39 is 0 Å². The van der Waals surface area contributed by atoms with Crippen LogP contribution in [0.15, 0.2) is 18.5 Å². The van der Waals surface area contributed by atoms with E-state index in [0.29, 0.717) is 11.7 Å². The maximum atomic E-state index is 12.3. The maximum Gasteiger partial charge on any atom is 0.153 e.